The third kappa shape index (κ3) is 3.98. The van der Waals surface area contributed by atoms with Gasteiger partial charge >= 0.3 is 6.18 Å². The van der Waals surface area contributed by atoms with Gasteiger partial charge in [0.25, 0.3) is 5.91 Å². The van der Waals surface area contributed by atoms with Crippen LogP contribution in [0, 0.1) is 0 Å². The Morgan fingerprint density at radius 2 is 1.81 bits per heavy atom. The molecule has 2 aromatic rings. The highest BCUT2D eigenvalue weighted by Crippen LogP contribution is 2.29. The normalized spacial score (nSPS) is 11.2. The Morgan fingerprint density at radius 3 is 2.48 bits per heavy atom. The van der Waals surface area contributed by atoms with Crippen LogP contribution in [0.4, 0.5) is 18.9 Å². The van der Waals surface area contributed by atoms with Crippen LogP contribution in [-0.4, -0.2) is 5.91 Å². The van der Waals surface area contributed by atoms with Crippen LogP contribution >= 0.6 is 0 Å². The second kappa shape index (κ2) is 5.87. The SMILES string of the molecule is Nc1cccc(C(=O)NCc2cccc(C(F)(F)F)c2)c1. The summed E-state index contributed by atoms with van der Waals surface area (Å²) in [6, 6.07) is 11.2. The van der Waals surface area contributed by atoms with Crippen LogP contribution in [-0.2, 0) is 12.7 Å². The molecule has 3 nitrogen and oxygen atoms in total. The number of halogens is 3. The molecule has 6 heteroatoms. The third-order valence-electron chi connectivity index (χ3n) is 2.86. The van der Waals surface area contributed by atoms with Crippen molar-refractivity contribution in [3.63, 3.8) is 0 Å². The van der Waals surface area contributed by atoms with Gasteiger partial charge in [-0.3, -0.25) is 4.79 Å². The van der Waals surface area contributed by atoms with Crippen LogP contribution in [0.3, 0.4) is 0 Å². The van der Waals surface area contributed by atoms with Crippen LogP contribution in [0.2, 0.25) is 0 Å². The first-order chi connectivity index (χ1) is 9.86. The molecular formula is C15H13F3N2O. The van der Waals surface area contributed by atoms with E-state index in [0.717, 1.165) is 12.1 Å². The lowest BCUT2D eigenvalue weighted by atomic mass is 10.1. The number of anilines is 1. The Morgan fingerprint density at radius 1 is 1.10 bits per heavy atom. The third-order valence-corrected chi connectivity index (χ3v) is 2.86. The smallest absolute Gasteiger partial charge is 0.399 e. The van der Waals surface area contributed by atoms with Gasteiger partial charge < -0.3 is 11.1 Å². The Labute approximate surface area is 119 Å². The molecule has 3 N–H and O–H groups in total. The van der Waals surface area contributed by atoms with Crippen LogP contribution in [0.5, 0.6) is 0 Å². The van der Waals surface area contributed by atoms with E-state index >= 15 is 0 Å². The van der Waals surface area contributed by atoms with Crippen molar-refractivity contribution < 1.29 is 18.0 Å². The van der Waals surface area contributed by atoms with Crippen molar-refractivity contribution in [2.45, 2.75) is 12.7 Å². The van der Waals surface area contributed by atoms with E-state index in [1.54, 1.807) is 18.2 Å². The Balaban J connectivity index is 2.05. The van der Waals surface area contributed by atoms with Crippen molar-refractivity contribution in [3.05, 3.63) is 65.2 Å². The van der Waals surface area contributed by atoms with Gasteiger partial charge in [0.15, 0.2) is 0 Å². The zero-order valence-electron chi connectivity index (χ0n) is 10.9. The van der Waals surface area contributed by atoms with E-state index in [9.17, 15) is 18.0 Å². The molecule has 2 rings (SSSR count). The summed E-state index contributed by atoms with van der Waals surface area (Å²) in [6.45, 7) is 0.0115. The first-order valence-electron chi connectivity index (χ1n) is 6.16. The minimum atomic E-state index is -4.39. The van der Waals surface area contributed by atoms with Crippen molar-refractivity contribution in [2.24, 2.45) is 0 Å². The maximum atomic E-state index is 12.6. The van der Waals surface area contributed by atoms with Crippen molar-refractivity contribution in [3.8, 4) is 0 Å². The second-order valence-electron chi connectivity index (χ2n) is 4.51. The number of benzene rings is 2. The van der Waals surface area contributed by atoms with Crippen molar-refractivity contribution >= 4 is 11.6 Å². The van der Waals surface area contributed by atoms with Crippen molar-refractivity contribution in [2.75, 3.05) is 5.73 Å². The monoisotopic (exact) mass is 294 g/mol. The first-order valence-corrected chi connectivity index (χ1v) is 6.16. The number of nitrogens with one attached hydrogen (secondary N) is 1. The summed E-state index contributed by atoms with van der Waals surface area (Å²) >= 11 is 0. The fourth-order valence-corrected chi connectivity index (χ4v) is 1.82. The average Bonchev–Trinajstić information content (AvgIpc) is 2.44. The molecule has 0 radical (unpaired) electrons. The van der Waals surface area contributed by atoms with Gasteiger partial charge in [0.05, 0.1) is 5.56 Å². The number of hydrogen-bond acceptors (Lipinski definition) is 2. The second-order valence-corrected chi connectivity index (χ2v) is 4.51. The largest absolute Gasteiger partial charge is 0.416 e. The zero-order valence-corrected chi connectivity index (χ0v) is 10.9. The number of nitrogens with two attached hydrogens (primary N) is 1. The number of carbonyl (C=O) groups excluding carboxylic acids is 1. The molecule has 0 spiro atoms. The van der Waals surface area contributed by atoms with Crippen molar-refractivity contribution in [1.29, 1.82) is 0 Å². The van der Waals surface area contributed by atoms with E-state index in [1.165, 1.54) is 18.2 Å². The fraction of sp³-hybridized carbons (Fsp3) is 0.133. The molecule has 0 unspecified atom stereocenters. The van der Waals surface area contributed by atoms with Crippen LogP contribution < -0.4 is 11.1 Å². The molecule has 0 atom stereocenters. The molecule has 0 saturated heterocycles. The molecule has 0 bridgehead atoms. The molecule has 110 valence electrons. The Hall–Kier alpha value is -2.50. The highest BCUT2D eigenvalue weighted by atomic mass is 19.4. The molecule has 0 saturated carbocycles. The number of nitrogen functional groups attached to an aromatic ring is 1. The van der Waals surface area contributed by atoms with Crippen LogP contribution in [0.15, 0.2) is 48.5 Å². The predicted octanol–water partition coefficient (Wildman–Crippen LogP) is 3.22. The van der Waals surface area contributed by atoms with Gasteiger partial charge in [-0.05, 0) is 35.9 Å². The summed E-state index contributed by atoms with van der Waals surface area (Å²) in [5.41, 5.74) is 6.01. The zero-order chi connectivity index (χ0) is 15.5. The molecule has 0 aliphatic rings. The minimum absolute atomic E-state index is 0.0115. The Kier molecular flexibility index (Phi) is 4.16. The molecule has 2 aromatic carbocycles. The number of carbonyl (C=O) groups is 1. The molecular weight excluding hydrogens is 281 g/mol. The summed E-state index contributed by atoms with van der Waals surface area (Å²) in [5.74, 6) is -0.389. The summed E-state index contributed by atoms with van der Waals surface area (Å²) in [6.07, 6.45) is -4.39. The summed E-state index contributed by atoms with van der Waals surface area (Å²) in [7, 11) is 0. The lowest BCUT2D eigenvalue weighted by Gasteiger charge is -2.10. The van der Waals surface area contributed by atoms with E-state index in [0.29, 0.717) is 16.8 Å². The van der Waals surface area contributed by atoms with Gasteiger partial charge in [-0.2, -0.15) is 13.2 Å². The molecule has 0 aromatic heterocycles. The number of amides is 1. The van der Waals surface area contributed by atoms with Crippen molar-refractivity contribution in [1.82, 2.24) is 5.32 Å². The molecule has 0 aliphatic heterocycles. The topological polar surface area (TPSA) is 55.1 Å². The van der Waals surface area contributed by atoms with Crippen LogP contribution in [0.1, 0.15) is 21.5 Å². The first kappa shape index (κ1) is 14.9. The highest BCUT2D eigenvalue weighted by molar-refractivity contribution is 5.94. The number of alkyl halides is 3. The lowest BCUT2D eigenvalue weighted by Crippen LogP contribution is -2.23. The minimum Gasteiger partial charge on any atom is -0.399 e. The number of rotatable bonds is 3. The van der Waals surface area contributed by atoms with E-state index in [1.807, 2.05) is 0 Å². The predicted molar refractivity (Wildman–Crippen MR) is 73.5 cm³/mol. The van der Waals surface area contributed by atoms with Gasteiger partial charge in [-0.25, -0.2) is 0 Å². The summed E-state index contributed by atoms with van der Waals surface area (Å²) < 4.78 is 37.7. The van der Waals surface area contributed by atoms with E-state index < -0.39 is 11.7 Å². The van der Waals surface area contributed by atoms with Gasteiger partial charge in [-0.15, -0.1) is 0 Å². The fourth-order valence-electron chi connectivity index (χ4n) is 1.82. The van der Waals surface area contributed by atoms with E-state index in [2.05, 4.69) is 5.32 Å². The van der Waals surface area contributed by atoms with E-state index in [4.69, 9.17) is 5.73 Å². The molecule has 0 heterocycles. The van der Waals surface area contributed by atoms with Crippen LogP contribution in [0.25, 0.3) is 0 Å². The van der Waals surface area contributed by atoms with Gasteiger partial charge in [0.1, 0.15) is 0 Å². The summed E-state index contributed by atoms with van der Waals surface area (Å²) in [5, 5.41) is 2.56. The standard InChI is InChI=1S/C15H13F3N2O/c16-15(17,18)12-5-1-3-10(7-12)9-20-14(21)11-4-2-6-13(19)8-11/h1-8H,9,19H2,(H,20,21). The maximum Gasteiger partial charge on any atom is 0.416 e. The Bertz CT molecular complexity index is 653. The molecule has 21 heavy (non-hydrogen) atoms. The van der Waals surface area contributed by atoms with Gasteiger partial charge in [0.2, 0.25) is 0 Å². The average molecular weight is 294 g/mol. The van der Waals surface area contributed by atoms with E-state index in [-0.39, 0.29) is 12.5 Å². The highest BCUT2D eigenvalue weighted by Gasteiger charge is 2.30. The van der Waals surface area contributed by atoms with Gasteiger partial charge in [-0.1, -0.05) is 18.2 Å². The number of hydrogen-bond donors (Lipinski definition) is 2. The molecule has 0 fully saturated rings. The van der Waals surface area contributed by atoms with Gasteiger partial charge in [0, 0.05) is 17.8 Å². The lowest BCUT2D eigenvalue weighted by molar-refractivity contribution is -0.137. The molecule has 1 amide bonds. The quantitative estimate of drug-likeness (QED) is 0.854. The maximum absolute atomic E-state index is 12.6. The molecule has 0 aliphatic carbocycles. The summed E-state index contributed by atoms with van der Waals surface area (Å²) in [4.78, 5) is 11.9.